The molecule has 2 fully saturated rings. The number of amides is 1. The van der Waals surface area contributed by atoms with E-state index in [9.17, 15) is 35.2 Å². The second-order valence-electron chi connectivity index (χ2n) is 8.03. The molecule has 34 heavy (non-hydrogen) atoms. The van der Waals surface area contributed by atoms with Crippen molar-refractivity contribution in [1.82, 2.24) is 15.0 Å². The van der Waals surface area contributed by atoms with Crippen molar-refractivity contribution in [3.63, 3.8) is 0 Å². The molecule has 1 aromatic carbocycles. The lowest BCUT2D eigenvalue weighted by atomic mass is 10.0. The van der Waals surface area contributed by atoms with E-state index in [-0.39, 0.29) is 38.0 Å². The van der Waals surface area contributed by atoms with Gasteiger partial charge in [-0.2, -0.15) is 18.2 Å². The van der Waals surface area contributed by atoms with Crippen molar-refractivity contribution < 1.29 is 44.4 Å². The predicted octanol–water partition coefficient (Wildman–Crippen LogP) is 2.42. The van der Waals surface area contributed by atoms with Crippen LogP contribution in [0.15, 0.2) is 21.6 Å². The Morgan fingerprint density at radius 3 is 2.24 bits per heavy atom. The fourth-order valence-corrected chi connectivity index (χ4v) is 4.62. The van der Waals surface area contributed by atoms with Gasteiger partial charge in [-0.1, -0.05) is 0 Å². The average Bonchev–Trinajstić information content (AvgIpc) is 3.37. The van der Waals surface area contributed by atoms with Crippen LogP contribution in [0.3, 0.4) is 0 Å². The fraction of sp³-hybridized carbons (Fsp3) is 0.526. The van der Waals surface area contributed by atoms with Gasteiger partial charge in [0.05, 0.1) is 4.90 Å². The zero-order chi connectivity index (χ0) is 24.8. The Kier molecular flexibility index (Phi) is 6.16. The number of piperidine rings is 1. The first-order valence-electron chi connectivity index (χ1n) is 10.2. The highest BCUT2D eigenvalue weighted by atomic mass is 32.2. The molecule has 1 amide bonds. The van der Waals surface area contributed by atoms with Gasteiger partial charge in [0.1, 0.15) is 0 Å². The molecule has 3 heterocycles. The van der Waals surface area contributed by atoms with E-state index in [0.717, 1.165) is 6.26 Å². The molecule has 1 aromatic heterocycles. The number of benzene rings is 1. The van der Waals surface area contributed by atoms with Gasteiger partial charge in [0.15, 0.2) is 33.3 Å². The van der Waals surface area contributed by atoms with Crippen LogP contribution >= 0.6 is 0 Å². The van der Waals surface area contributed by atoms with Gasteiger partial charge in [0.25, 0.3) is 11.9 Å². The molecule has 2 aliphatic rings. The van der Waals surface area contributed by atoms with E-state index in [1.807, 2.05) is 0 Å². The van der Waals surface area contributed by atoms with Gasteiger partial charge in [0, 0.05) is 38.4 Å². The van der Waals surface area contributed by atoms with Crippen molar-refractivity contribution in [3.8, 4) is 5.75 Å². The van der Waals surface area contributed by atoms with Crippen LogP contribution in [0.1, 0.15) is 25.2 Å². The summed E-state index contributed by atoms with van der Waals surface area (Å²) in [5.74, 6) is -5.42. The molecule has 0 saturated carbocycles. The zero-order valence-electron chi connectivity index (χ0n) is 17.7. The minimum Gasteiger partial charge on any atom is -0.474 e. The van der Waals surface area contributed by atoms with Gasteiger partial charge in [-0.25, -0.2) is 17.2 Å². The Hall–Kier alpha value is -2.97. The summed E-state index contributed by atoms with van der Waals surface area (Å²) in [4.78, 5) is 18.6. The third-order valence-corrected chi connectivity index (χ3v) is 6.79. The first-order valence-corrected chi connectivity index (χ1v) is 12.1. The van der Waals surface area contributed by atoms with Gasteiger partial charge < -0.3 is 19.1 Å². The van der Waals surface area contributed by atoms with Crippen molar-refractivity contribution in [2.45, 2.75) is 42.5 Å². The SMILES string of the molecule is CS(=O)(=O)c1cc(F)c(O[C@H]2CCN(C3CCN(c4noc(C(F)(F)F)n4)CC3)C2=O)c(F)c1. The lowest BCUT2D eigenvalue weighted by molar-refractivity contribution is -0.159. The Morgan fingerprint density at radius 1 is 1.09 bits per heavy atom. The molecule has 1 atom stereocenters. The summed E-state index contributed by atoms with van der Waals surface area (Å²) in [6, 6.07) is 1.000. The molecule has 2 aromatic rings. The van der Waals surface area contributed by atoms with E-state index in [1.165, 1.54) is 9.80 Å². The maximum Gasteiger partial charge on any atom is 0.471 e. The van der Waals surface area contributed by atoms with Crippen molar-refractivity contribution in [2.75, 3.05) is 30.8 Å². The van der Waals surface area contributed by atoms with Crippen molar-refractivity contribution in [1.29, 1.82) is 0 Å². The molecular formula is C19H19F5N4O5S. The molecule has 0 bridgehead atoms. The quantitative estimate of drug-likeness (QED) is 0.565. The molecule has 15 heteroatoms. The van der Waals surface area contributed by atoms with Crippen LogP contribution < -0.4 is 9.64 Å². The summed E-state index contributed by atoms with van der Waals surface area (Å²) in [5, 5.41) is 3.35. The highest BCUT2D eigenvalue weighted by Crippen LogP contribution is 2.32. The molecule has 0 radical (unpaired) electrons. The highest BCUT2D eigenvalue weighted by Gasteiger charge is 2.41. The Balaban J connectivity index is 1.38. The highest BCUT2D eigenvalue weighted by molar-refractivity contribution is 7.90. The summed E-state index contributed by atoms with van der Waals surface area (Å²) in [6.45, 7) is 0.805. The van der Waals surface area contributed by atoms with E-state index in [1.54, 1.807) is 0 Å². The van der Waals surface area contributed by atoms with Crippen molar-refractivity contribution in [2.24, 2.45) is 0 Å². The number of carbonyl (C=O) groups is 1. The van der Waals surface area contributed by atoms with Gasteiger partial charge in [0.2, 0.25) is 0 Å². The summed E-state index contributed by atoms with van der Waals surface area (Å²) < 4.78 is 99.1. The zero-order valence-corrected chi connectivity index (χ0v) is 18.5. The standard InChI is InChI=1S/C19H19F5N4O5S/c1-34(30,31)11-8-12(20)15(13(21)9-11)32-14-4-7-28(16(14)29)10-2-5-27(6-3-10)18-25-17(33-26-18)19(22,23)24/h8-10,14H,2-7H2,1H3/t14-/m0/s1. The number of ether oxygens (including phenoxy) is 1. The monoisotopic (exact) mass is 510 g/mol. The van der Waals surface area contributed by atoms with Crippen LogP contribution in [-0.2, 0) is 20.8 Å². The number of anilines is 1. The van der Waals surface area contributed by atoms with Crippen LogP contribution in [0.5, 0.6) is 5.75 Å². The number of hydrogen-bond acceptors (Lipinski definition) is 8. The van der Waals surface area contributed by atoms with Crippen molar-refractivity contribution in [3.05, 3.63) is 29.7 Å². The molecule has 186 valence electrons. The van der Waals surface area contributed by atoms with E-state index < -0.39 is 56.2 Å². The fourth-order valence-electron chi connectivity index (χ4n) is 3.99. The maximum atomic E-state index is 14.3. The summed E-state index contributed by atoms with van der Waals surface area (Å²) in [6.07, 6.45) is -4.13. The Bertz CT molecular complexity index is 1170. The molecular weight excluding hydrogens is 491 g/mol. The predicted molar refractivity (Wildman–Crippen MR) is 105 cm³/mol. The number of rotatable bonds is 5. The smallest absolute Gasteiger partial charge is 0.471 e. The third kappa shape index (κ3) is 4.79. The van der Waals surface area contributed by atoms with Gasteiger partial charge in [-0.3, -0.25) is 4.79 Å². The number of nitrogens with zero attached hydrogens (tertiary/aromatic N) is 4. The van der Waals surface area contributed by atoms with Crippen LogP contribution in [-0.4, -0.2) is 67.4 Å². The molecule has 2 saturated heterocycles. The summed E-state index contributed by atoms with van der Waals surface area (Å²) in [5.41, 5.74) is 0. The number of halogens is 5. The molecule has 2 aliphatic heterocycles. The minimum absolute atomic E-state index is 0.158. The number of aromatic nitrogens is 2. The minimum atomic E-state index is -4.75. The van der Waals surface area contributed by atoms with Crippen LogP contribution in [0, 0.1) is 11.6 Å². The van der Waals surface area contributed by atoms with E-state index in [4.69, 9.17) is 4.74 Å². The molecule has 0 aliphatic carbocycles. The first-order chi connectivity index (χ1) is 15.8. The number of sulfone groups is 1. The van der Waals surface area contributed by atoms with E-state index in [0.29, 0.717) is 25.0 Å². The van der Waals surface area contributed by atoms with Gasteiger partial charge >= 0.3 is 12.1 Å². The topological polar surface area (TPSA) is 106 Å². The van der Waals surface area contributed by atoms with Crippen LogP contribution in [0.2, 0.25) is 0 Å². The third-order valence-electron chi connectivity index (χ3n) is 5.70. The number of carbonyl (C=O) groups excluding carboxylic acids is 1. The summed E-state index contributed by atoms with van der Waals surface area (Å²) >= 11 is 0. The molecule has 0 unspecified atom stereocenters. The lowest BCUT2D eigenvalue weighted by Crippen LogP contribution is -2.47. The number of alkyl halides is 3. The van der Waals surface area contributed by atoms with E-state index >= 15 is 0 Å². The van der Waals surface area contributed by atoms with Crippen LogP contribution in [0.4, 0.5) is 27.9 Å². The number of hydrogen-bond donors (Lipinski definition) is 0. The number of likely N-dealkylation sites (tertiary alicyclic amines) is 1. The Labute approximate surface area is 190 Å². The normalized spacial score (nSPS) is 20.3. The lowest BCUT2D eigenvalue weighted by Gasteiger charge is -2.36. The largest absolute Gasteiger partial charge is 0.474 e. The van der Waals surface area contributed by atoms with Crippen LogP contribution in [0.25, 0.3) is 0 Å². The van der Waals surface area contributed by atoms with Gasteiger partial charge in [-0.05, 0) is 30.1 Å². The van der Waals surface area contributed by atoms with Gasteiger partial charge in [-0.15, -0.1) is 0 Å². The first kappa shape index (κ1) is 24.2. The molecule has 0 N–H and O–H groups in total. The summed E-state index contributed by atoms with van der Waals surface area (Å²) in [7, 11) is -3.84. The second-order valence-corrected chi connectivity index (χ2v) is 10.0. The Morgan fingerprint density at radius 2 is 1.71 bits per heavy atom. The second kappa shape index (κ2) is 8.67. The maximum absolute atomic E-state index is 14.3. The molecule has 9 nitrogen and oxygen atoms in total. The molecule has 0 spiro atoms. The molecule has 4 rings (SSSR count). The average molecular weight is 510 g/mol. The van der Waals surface area contributed by atoms with Crippen molar-refractivity contribution >= 4 is 21.7 Å². The van der Waals surface area contributed by atoms with E-state index in [2.05, 4.69) is 14.7 Å².